The molecule has 0 aromatic heterocycles. The molecule has 0 radical (unpaired) electrons. The summed E-state index contributed by atoms with van der Waals surface area (Å²) in [5.41, 5.74) is -0.214. The van der Waals surface area contributed by atoms with E-state index in [1.807, 2.05) is 6.07 Å². The van der Waals surface area contributed by atoms with Gasteiger partial charge in [-0.1, -0.05) is 6.07 Å². The number of rotatable bonds is 2. The highest BCUT2D eigenvalue weighted by Gasteiger charge is 2.19. The van der Waals surface area contributed by atoms with Crippen LogP contribution < -0.4 is 0 Å². The van der Waals surface area contributed by atoms with Crippen LogP contribution in [0, 0.1) is 21.4 Å². The Morgan fingerprint density at radius 1 is 1.33 bits per heavy atom. The highest BCUT2D eigenvalue weighted by molar-refractivity contribution is 6.03. The molecule has 0 atom stereocenters. The molecule has 0 aliphatic heterocycles. The van der Waals surface area contributed by atoms with Crippen molar-refractivity contribution in [2.24, 2.45) is 0 Å². The van der Waals surface area contributed by atoms with Crippen LogP contribution in [0.5, 0.6) is 5.75 Å². The first-order valence-electron chi connectivity index (χ1n) is 4.88. The molecule has 0 fully saturated rings. The van der Waals surface area contributed by atoms with Gasteiger partial charge in [-0.05, 0) is 17.5 Å². The quantitative estimate of drug-likeness (QED) is 0.493. The lowest BCUT2D eigenvalue weighted by molar-refractivity contribution is -0.385. The van der Waals surface area contributed by atoms with Crippen molar-refractivity contribution in [1.29, 1.82) is 5.26 Å². The highest BCUT2D eigenvalue weighted by Crippen LogP contribution is 2.36. The van der Waals surface area contributed by atoms with Crippen LogP contribution in [0.1, 0.15) is 15.9 Å². The minimum absolute atomic E-state index is 0.0963. The SMILES string of the molecule is N#Cc1ccc2c(C=O)cc([N+](=O)[O-])c(O)c2c1. The van der Waals surface area contributed by atoms with Crippen molar-refractivity contribution in [1.82, 2.24) is 0 Å². The van der Waals surface area contributed by atoms with Gasteiger partial charge in [0, 0.05) is 17.0 Å². The minimum atomic E-state index is -0.777. The van der Waals surface area contributed by atoms with Gasteiger partial charge < -0.3 is 5.11 Å². The van der Waals surface area contributed by atoms with E-state index in [1.54, 1.807) is 0 Å². The number of hydrogen-bond acceptors (Lipinski definition) is 5. The number of aldehydes is 1. The average Bonchev–Trinajstić information content (AvgIpc) is 2.38. The fourth-order valence-corrected chi connectivity index (χ4v) is 1.73. The highest BCUT2D eigenvalue weighted by atomic mass is 16.6. The first-order chi connectivity index (χ1) is 8.58. The largest absolute Gasteiger partial charge is 0.502 e. The first kappa shape index (κ1) is 11.5. The Bertz CT molecular complexity index is 716. The van der Waals surface area contributed by atoms with E-state index >= 15 is 0 Å². The molecular formula is C12H6N2O4. The van der Waals surface area contributed by atoms with Crippen LogP contribution in [0.3, 0.4) is 0 Å². The third kappa shape index (κ3) is 1.64. The van der Waals surface area contributed by atoms with Crippen molar-refractivity contribution in [3.05, 3.63) is 45.5 Å². The standard InChI is InChI=1S/C12H6N2O4/c13-5-7-1-2-9-8(6-15)4-11(14(17)18)12(16)10(9)3-7/h1-4,6,16H. The molecule has 0 unspecified atom stereocenters. The first-order valence-corrected chi connectivity index (χ1v) is 4.88. The molecule has 6 nitrogen and oxygen atoms in total. The van der Waals surface area contributed by atoms with Crippen LogP contribution in [0.4, 0.5) is 5.69 Å². The summed E-state index contributed by atoms with van der Waals surface area (Å²) in [6.45, 7) is 0. The lowest BCUT2D eigenvalue weighted by Gasteiger charge is -2.05. The Morgan fingerprint density at radius 2 is 2.06 bits per heavy atom. The molecule has 0 spiro atoms. The monoisotopic (exact) mass is 242 g/mol. The van der Waals surface area contributed by atoms with Gasteiger partial charge in [-0.2, -0.15) is 5.26 Å². The second kappa shape index (κ2) is 4.14. The number of hydrogen-bond donors (Lipinski definition) is 1. The van der Waals surface area contributed by atoms with Gasteiger partial charge in [0.25, 0.3) is 0 Å². The van der Waals surface area contributed by atoms with Gasteiger partial charge in [0.15, 0.2) is 6.29 Å². The summed E-state index contributed by atoms with van der Waals surface area (Å²) in [6, 6.07) is 7.13. The van der Waals surface area contributed by atoms with Gasteiger partial charge in [0.1, 0.15) is 0 Å². The maximum Gasteiger partial charge on any atom is 0.312 e. The summed E-state index contributed by atoms with van der Waals surface area (Å²) in [4.78, 5) is 20.9. The fraction of sp³-hybridized carbons (Fsp3) is 0. The third-order valence-electron chi connectivity index (χ3n) is 2.57. The average molecular weight is 242 g/mol. The van der Waals surface area contributed by atoms with E-state index in [1.165, 1.54) is 18.2 Å². The number of phenolic OH excluding ortho intramolecular Hbond substituents is 1. The number of carbonyl (C=O) groups excluding carboxylic acids is 1. The van der Waals surface area contributed by atoms with Crippen molar-refractivity contribution in [2.75, 3.05) is 0 Å². The van der Waals surface area contributed by atoms with Gasteiger partial charge in [-0.15, -0.1) is 0 Å². The summed E-state index contributed by atoms with van der Waals surface area (Å²) in [7, 11) is 0. The van der Waals surface area contributed by atoms with Crippen molar-refractivity contribution >= 4 is 22.7 Å². The molecule has 0 aliphatic rings. The second-order valence-corrected chi connectivity index (χ2v) is 3.58. The number of carbonyl (C=O) groups is 1. The van der Waals surface area contributed by atoms with E-state index in [0.29, 0.717) is 11.7 Å². The van der Waals surface area contributed by atoms with Gasteiger partial charge in [0.05, 0.1) is 16.6 Å². The fourth-order valence-electron chi connectivity index (χ4n) is 1.73. The zero-order chi connectivity index (χ0) is 13.3. The van der Waals surface area contributed by atoms with Crippen molar-refractivity contribution in [3.63, 3.8) is 0 Å². The number of nitro benzene ring substituents is 1. The van der Waals surface area contributed by atoms with E-state index < -0.39 is 16.4 Å². The Labute approximate surface area is 101 Å². The summed E-state index contributed by atoms with van der Waals surface area (Å²) in [6.07, 6.45) is 0.473. The van der Waals surface area contributed by atoms with Crippen LogP contribution in [0.2, 0.25) is 0 Å². The molecule has 0 heterocycles. The molecule has 1 N–H and O–H groups in total. The van der Waals surface area contributed by atoms with E-state index in [4.69, 9.17) is 5.26 Å². The Hall–Kier alpha value is -2.94. The van der Waals surface area contributed by atoms with Crippen LogP contribution in [-0.2, 0) is 0 Å². The number of aromatic hydroxyl groups is 1. The van der Waals surface area contributed by atoms with Gasteiger partial charge in [-0.3, -0.25) is 14.9 Å². The van der Waals surface area contributed by atoms with Crippen LogP contribution in [0.15, 0.2) is 24.3 Å². The molecule has 2 rings (SSSR count). The number of nitriles is 1. The van der Waals surface area contributed by atoms with E-state index in [0.717, 1.165) is 6.07 Å². The van der Waals surface area contributed by atoms with Gasteiger partial charge in [0.2, 0.25) is 5.75 Å². The Kier molecular flexibility index (Phi) is 2.66. The van der Waals surface area contributed by atoms with Crippen molar-refractivity contribution in [3.8, 4) is 11.8 Å². The molecule has 2 aromatic carbocycles. The number of benzene rings is 2. The number of fused-ring (bicyclic) bond motifs is 1. The Morgan fingerprint density at radius 3 is 2.61 bits per heavy atom. The lowest BCUT2D eigenvalue weighted by Crippen LogP contribution is -1.93. The van der Waals surface area contributed by atoms with Crippen LogP contribution >= 0.6 is 0 Å². The molecule has 0 aliphatic carbocycles. The second-order valence-electron chi connectivity index (χ2n) is 3.58. The molecular weight excluding hydrogens is 236 g/mol. The number of phenols is 1. The summed E-state index contributed by atoms with van der Waals surface area (Å²) < 4.78 is 0. The predicted molar refractivity (Wildman–Crippen MR) is 62.4 cm³/mol. The van der Waals surface area contributed by atoms with Gasteiger partial charge in [-0.25, -0.2) is 0 Å². The summed E-state index contributed by atoms with van der Waals surface area (Å²) in [5.74, 6) is -0.544. The zero-order valence-corrected chi connectivity index (χ0v) is 8.95. The maximum absolute atomic E-state index is 10.9. The Balaban J connectivity index is 2.95. The zero-order valence-electron chi connectivity index (χ0n) is 8.95. The van der Waals surface area contributed by atoms with Crippen molar-refractivity contribution in [2.45, 2.75) is 0 Å². The maximum atomic E-state index is 10.9. The van der Waals surface area contributed by atoms with Crippen LogP contribution in [-0.4, -0.2) is 16.3 Å². The van der Waals surface area contributed by atoms with E-state index in [9.17, 15) is 20.0 Å². The minimum Gasteiger partial charge on any atom is -0.502 e. The van der Waals surface area contributed by atoms with E-state index in [2.05, 4.69) is 0 Å². The normalized spacial score (nSPS) is 9.94. The lowest BCUT2D eigenvalue weighted by atomic mass is 10.0. The summed E-state index contributed by atoms with van der Waals surface area (Å²) >= 11 is 0. The number of nitrogens with zero attached hydrogens (tertiary/aromatic N) is 2. The number of nitro groups is 1. The predicted octanol–water partition coefficient (Wildman–Crippen LogP) is 2.14. The molecule has 88 valence electrons. The molecule has 18 heavy (non-hydrogen) atoms. The van der Waals surface area contributed by atoms with Gasteiger partial charge >= 0.3 is 5.69 Å². The van der Waals surface area contributed by atoms with Crippen LogP contribution in [0.25, 0.3) is 10.8 Å². The van der Waals surface area contributed by atoms with Crippen molar-refractivity contribution < 1.29 is 14.8 Å². The molecule has 0 saturated carbocycles. The molecule has 2 aromatic rings. The summed E-state index contributed by atoms with van der Waals surface area (Å²) in [5, 5.41) is 29.8. The molecule has 0 amide bonds. The smallest absolute Gasteiger partial charge is 0.312 e. The van der Waals surface area contributed by atoms with E-state index in [-0.39, 0.29) is 16.5 Å². The third-order valence-corrected chi connectivity index (χ3v) is 2.57. The molecule has 0 bridgehead atoms. The molecule has 6 heteroatoms. The topological polar surface area (TPSA) is 104 Å². The molecule has 0 saturated heterocycles.